The molecule has 0 fully saturated rings. The van der Waals surface area contributed by atoms with Gasteiger partial charge < -0.3 is 18.7 Å². The third kappa shape index (κ3) is 5.15. The molecule has 0 N–H and O–H groups in total. The minimum atomic E-state index is 0. The van der Waals surface area contributed by atoms with Crippen LogP contribution in [0.1, 0.15) is 56.2 Å². The molecule has 9 heteroatoms. The molecule has 5 aromatic heterocycles. The van der Waals surface area contributed by atoms with E-state index in [4.69, 9.17) is 19.9 Å². The second kappa shape index (κ2) is 13.0. The van der Waals surface area contributed by atoms with Gasteiger partial charge in [-0.15, -0.1) is 17.2 Å². The van der Waals surface area contributed by atoms with Crippen molar-refractivity contribution >= 4 is 49.3 Å². The van der Waals surface area contributed by atoms with Gasteiger partial charge in [-0.1, -0.05) is 105 Å². The Bertz CT molecular complexity index is 2840. The molecule has 0 radical (unpaired) electrons. The molecular formula is C43H31N7OPt. The molecule has 5 heterocycles. The largest absolute Gasteiger partial charge is 2.00 e. The van der Waals surface area contributed by atoms with Crippen molar-refractivity contribution in [3.05, 3.63) is 132 Å². The summed E-state index contributed by atoms with van der Waals surface area (Å²) in [6.07, 6.45) is 3.40. The van der Waals surface area contributed by atoms with E-state index in [1.807, 2.05) is 65.2 Å². The van der Waals surface area contributed by atoms with Crippen molar-refractivity contribution in [2.45, 2.75) is 39.5 Å². The van der Waals surface area contributed by atoms with E-state index >= 15 is 0 Å². The fourth-order valence-electron chi connectivity index (χ4n) is 7.25. The zero-order chi connectivity index (χ0) is 34.8. The third-order valence-corrected chi connectivity index (χ3v) is 9.57. The maximum Gasteiger partial charge on any atom is 2.00 e. The van der Waals surface area contributed by atoms with Crippen LogP contribution in [-0.2, 0) is 21.1 Å². The van der Waals surface area contributed by atoms with Gasteiger partial charge in [0.2, 0.25) is 0 Å². The van der Waals surface area contributed by atoms with Gasteiger partial charge in [0.05, 0.1) is 17.5 Å². The van der Waals surface area contributed by atoms with Crippen LogP contribution >= 0.6 is 0 Å². The van der Waals surface area contributed by atoms with E-state index in [9.17, 15) is 5.26 Å². The number of nitriles is 1. The normalized spacial score (nSPS) is 11.6. The van der Waals surface area contributed by atoms with Crippen molar-refractivity contribution in [1.29, 1.82) is 5.26 Å². The first kappa shape index (κ1) is 33.3. The van der Waals surface area contributed by atoms with Crippen LogP contribution in [0.4, 0.5) is 0 Å². The molecule has 0 atom stereocenters. The number of ether oxygens (including phenoxy) is 1. The van der Waals surface area contributed by atoms with Crippen molar-refractivity contribution in [1.82, 2.24) is 29.1 Å². The molecule has 4 aromatic carbocycles. The maximum atomic E-state index is 10.4. The predicted molar refractivity (Wildman–Crippen MR) is 200 cm³/mol. The van der Waals surface area contributed by atoms with Crippen molar-refractivity contribution in [3.8, 4) is 34.8 Å². The number of pyridine rings is 3. The van der Waals surface area contributed by atoms with Crippen molar-refractivity contribution in [2.75, 3.05) is 0 Å². The van der Waals surface area contributed by atoms with E-state index in [0.717, 1.165) is 49.9 Å². The van der Waals surface area contributed by atoms with Crippen molar-refractivity contribution in [2.24, 2.45) is 0 Å². The van der Waals surface area contributed by atoms with Gasteiger partial charge in [-0.25, -0.2) is 10.2 Å². The van der Waals surface area contributed by atoms with Crippen molar-refractivity contribution < 1.29 is 25.8 Å². The summed E-state index contributed by atoms with van der Waals surface area (Å²) >= 11 is 0. The smallest absolute Gasteiger partial charge is 0.500 e. The Hall–Kier alpha value is -5.90. The van der Waals surface area contributed by atoms with Crippen LogP contribution in [0.3, 0.4) is 0 Å². The zero-order valence-corrected chi connectivity index (χ0v) is 31.1. The number of benzene rings is 4. The molecule has 0 aliphatic rings. The summed E-state index contributed by atoms with van der Waals surface area (Å²) in [4.78, 5) is 9.43. The SMILES string of the molecule is CC(C)c1cccc(C(C)C)c1-c1nnc2c3[c-]c(Oc4[c-]c5c(nc4)c4ccccc4n5-c4ccccn4)c(C#N)cc3c3ccccc3n12.[Pt+2]. The van der Waals surface area contributed by atoms with Crippen LogP contribution in [-0.4, -0.2) is 29.1 Å². The second-order valence-electron chi connectivity index (χ2n) is 13.3. The summed E-state index contributed by atoms with van der Waals surface area (Å²) in [5.41, 5.74) is 7.90. The Morgan fingerprint density at radius 2 is 1.46 bits per heavy atom. The first-order valence-corrected chi connectivity index (χ1v) is 17.0. The van der Waals surface area contributed by atoms with E-state index in [1.165, 1.54) is 11.1 Å². The number of hydrogen-bond acceptors (Lipinski definition) is 6. The fraction of sp³-hybridized carbons (Fsp3) is 0.140. The molecule has 0 unspecified atom stereocenters. The summed E-state index contributed by atoms with van der Waals surface area (Å²) in [6.45, 7) is 8.83. The molecule has 0 aliphatic carbocycles. The summed E-state index contributed by atoms with van der Waals surface area (Å²) in [7, 11) is 0. The summed E-state index contributed by atoms with van der Waals surface area (Å²) < 4.78 is 10.6. The predicted octanol–water partition coefficient (Wildman–Crippen LogP) is 10.1. The van der Waals surface area contributed by atoms with E-state index in [2.05, 4.69) is 85.6 Å². The molecule has 254 valence electrons. The van der Waals surface area contributed by atoms with Gasteiger partial charge in [0.15, 0.2) is 5.82 Å². The Balaban J connectivity index is 0.00000387. The number of para-hydroxylation sites is 2. The van der Waals surface area contributed by atoms with Crippen LogP contribution in [0.25, 0.3) is 66.5 Å². The molecule has 0 saturated carbocycles. The van der Waals surface area contributed by atoms with Gasteiger partial charge in [0, 0.05) is 34.1 Å². The van der Waals surface area contributed by atoms with Crippen LogP contribution in [0, 0.1) is 23.5 Å². The Morgan fingerprint density at radius 1 is 0.750 bits per heavy atom. The monoisotopic (exact) mass is 856 g/mol. The second-order valence-corrected chi connectivity index (χ2v) is 13.3. The van der Waals surface area contributed by atoms with Crippen LogP contribution < -0.4 is 4.74 Å². The quantitative estimate of drug-likeness (QED) is 0.122. The molecule has 52 heavy (non-hydrogen) atoms. The topological polar surface area (TPSA) is 93.9 Å². The Morgan fingerprint density at radius 3 is 2.17 bits per heavy atom. The van der Waals surface area contributed by atoms with Crippen LogP contribution in [0.15, 0.2) is 103 Å². The molecule has 9 rings (SSSR count). The van der Waals surface area contributed by atoms with Gasteiger partial charge in [-0.2, -0.15) is 5.10 Å². The van der Waals surface area contributed by atoms with Gasteiger partial charge in [0.1, 0.15) is 5.82 Å². The first-order chi connectivity index (χ1) is 24.9. The van der Waals surface area contributed by atoms with E-state index in [1.54, 1.807) is 12.4 Å². The van der Waals surface area contributed by atoms with Gasteiger partial charge in [-0.05, 0) is 75.2 Å². The number of nitrogens with zero attached hydrogens (tertiary/aromatic N) is 7. The van der Waals surface area contributed by atoms with E-state index in [-0.39, 0.29) is 38.7 Å². The van der Waals surface area contributed by atoms with Gasteiger partial charge in [-0.3, -0.25) is 0 Å². The van der Waals surface area contributed by atoms with Crippen LogP contribution in [0.5, 0.6) is 11.5 Å². The summed E-state index contributed by atoms with van der Waals surface area (Å²) in [5, 5.41) is 23.5. The van der Waals surface area contributed by atoms with E-state index < -0.39 is 0 Å². The maximum absolute atomic E-state index is 10.4. The minimum absolute atomic E-state index is 0. The molecule has 9 aromatic rings. The average molecular weight is 857 g/mol. The van der Waals surface area contributed by atoms with Crippen molar-refractivity contribution in [3.63, 3.8) is 0 Å². The fourth-order valence-corrected chi connectivity index (χ4v) is 7.25. The molecule has 0 spiro atoms. The first-order valence-electron chi connectivity index (χ1n) is 17.0. The van der Waals surface area contributed by atoms with Gasteiger partial charge >= 0.3 is 21.1 Å². The molecule has 0 saturated heterocycles. The summed E-state index contributed by atoms with van der Waals surface area (Å²) in [5.74, 6) is 2.69. The summed E-state index contributed by atoms with van der Waals surface area (Å²) in [6, 6.07) is 39.6. The number of rotatable bonds is 6. The third-order valence-electron chi connectivity index (χ3n) is 9.57. The van der Waals surface area contributed by atoms with E-state index in [0.29, 0.717) is 27.9 Å². The molecule has 0 aliphatic heterocycles. The Labute approximate surface area is 314 Å². The minimum Gasteiger partial charge on any atom is -0.500 e. The zero-order valence-electron chi connectivity index (χ0n) is 28.8. The number of aromatic nitrogens is 6. The Kier molecular flexibility index (Phi) is 8.32. The average Bonchev–Trinajstić information content (AvgIpc) is 3.74. The molecular weight excluding hydrogens is 826 g/mol. The number of hydrogen-bond donors (Lipinski definition) is 0. The van der Waals surface area contributed by atoms with Crippen LogP contribution in [0.2, 0.25) is 0 Å². The molecule has 0 bridgehead atoms. The number of fused-ring (bicyclic) bond motifs is 9. The molecule has 8 nitrogen and oxygen atoms in total. The van der Waals surface area contributed by atoms with Gasteiger partial charge in [0.25, 0.3) is 0 Å². The molecule has 0 amide bonds. The standard InChI is InChI=1S/C43H31N7O.Pt/c1-25(2)29-14-11-15-30(26(3)4)40(29)43-48-47-42-34-22-38(27(23-44)20-33(34)31-12-5-7-16-35(31)50(42)43)51-28-21-37-41(46-24-28)32-13-6-8-17-36(32)49(37)39-18-9-10-19-45-39;/h5-20,24-26H,1-4H3;/q-2;+2.